The van der Waals surface area contributed by atoms with Crippen LogP contribution in [0.4, 0.5) is 13.2 Å². The maximum Gasteiger partial charge on any atom is 0.588 e. The van der Waals surface area contributed by atoms with E-state index in [2.05, 4.69) is 0 Å². The Bertz CT molecular complexity index is 978. The number of hydrogen-bond donors (Lipinski definition) is 0. The van der Waals surface area contributed by atoms with E-state index in [0.717, 1.165) is 5.56 Å². The number of alkyl halides is 3. The minimum absolute atomic E-state index is 0.0532. The minimum Gasteiger partial charge on any atom is -0.395 e. The number of para-hydroxylation sites is 1. The summed E-state index contributed by atoms with van der Waals surface area (Å²) in [6, 6.07) is 21.0. The molecule has 0 aromatic heterocycles. The van der Waals surface area contributed by atoms with Crippen LogP contribution in [0.25, 0.3) is 0 Å². The lowest BCUT2D eigenvalue weighted by atomic mass is 10.1. The number of rotatable bonds is 7. The van der Waals surface area contributed by atoms with Crippen molar-refractivity contribution in [2.24, 2.45) is 0 Å². The van der Waals surface area contributed by atoms with Gasteiger partial charge in [-0.05, 0) is 42.3 Å². The van der Waals surface area contributed by atoms with Gasteiger partial charge in [-0.3, -0.25) is 0 Å². The topological polar surface area (TPSA) is 44.8 Å². The highest BCUT2D eigenvalue weighted by Crippen LogP contribution is 2.55. The zero-order valence-corrected chi connectivity index (χ0v) is 16.3. The Kier molecular flexibility index (Phi) is 6.30. The van der Waals surface area contributed by atoms with Gasteiger partial charge in [0.25, 0.3) is 0 Å². The molecule has 0 bridgehead atoms. The largest absolute Gasteiger partial charge is 0.588 e. The average molecular weight is 422 g/mol. The third-order valence-corrected chi connectivity index (χ3v) is 5.14. The predicted molar refractivity (Wildman–Crippen MR) is 103 cm³/mol. The monoisotopic (exact) mass is 422 g/mol. The lowest BCUT2D eigenvalue weighted by Crippen LogP contribution is -2.24. The normalized spacial score (nSPS) is 14.6. The molecule has 2 atom stereocenters. The van der Waals surface area contributed by atoms with E-state index in [1.54, 1.807) is 43.3 Å². The zero-order chi connectivity index (χ0) is 20.9. The molecule has 0 saturated carbocycles. The van der Waals surface area contributed by atoms with Crippen LogP contribution in [0.1, 0.15) is 17.2 Å². The lowest BCUT2D eigenvalue weighted by Gasteiger charge is -2.26. The van der Waals surface area contributed by atoms with Gasteiger partial charge in [0.1, 0.15) is 11.5 Å². The van der Waals surface area contributed by atoms with Crippen molar-refractivity contribution in [3.05, 3.63) is 96.1 Å². The molecule has 0 unspecified atom stereocenters. The fraction of sp³-hybridized carbons (Fsp3) is 0.143. The molecule has 0 aliphatic rings. The molecular formula is C21H18F3O4P. The first-order valence-electron chi connectivity index (χ1n) is 8.66. The summed E-state index contributed by atoms with van der Waals surface area (Å²) in [6.45, 7) is 1.76. The van der Waals surface area contributed by atoms with Crippen LogP contribution >= 0.6 is 7.82 Å². The van der Waals surface area contributed by atoms with Gasteiger partial charge < -0.3 is 9.05 Å². The Morgan fingerprint density at radius 1 is 0.793 bits per heavy atom. The van der Waals surface area contributed by atoms with Crippen molar-refractivity contribution in [1.82, 2.24) is 0 Å². The van der Waals surface area contributed by atoms with E-state index in [1.165, 1.54) is 48.5 Å². The van der Waals surface area contributed by atoms with Crippen LogP contribution in [0.3, 0.4) is 0 Å². The van der Waals surface area contributed by atoms with Crippen LogP contribution in [0, 0.1) is 6.92 Å². The van der Waals surface area contributed by atoms with Crippen LogP contribution in [0.5, 0.6) is 11.5 Å². The highest BCUT2D eigenvalue weighted by molar-refractivity contribution is 7.49. The first kappa shape index (κ1) is 21.0. The Morgan fingerprint density at radius 3 is 1.93 bits per heavy atom. The Morgan fingerprint density at radius 2 is 1.34 bits per heavy atom. The highest BCUT2D eigenvalue weighted by Gasteiger charge is 2.48. The molecule has 0 saturated heterocycles. The van der Waals surface area contributed by atoms with Crippen molar-refractivity contribution in [1.29, 1.82) is 0 Å². The fourth-order valence-electron chi connectivity index (χ4n) is 2.54. The smallest absolute Gasteiger partial charge is 0.395 e. The van der Waals surface area contributed by atoms with E-state index in [1.807, 2.05) is 0 Å². The van der Waals surface area contributed by atoms with Crippen molar-refractivity contribution in [2.75, 3.05) is 0 Å². The third-order valence-electron chi connectivity index (χ3n) is 3.80. The Labute approximate surface area is 166 Å². The van der Waals surface area contributed by atoms with E-state index in [9.17, 15) is 17.7 Å². The second-order valence-electron chi connectivity index (χ2n) is 6.20. The maximum absolute atomic E-state index is 13.7. The van der Waals surface area contributed by atoms with Gasteiger partial charge in [0.05, 0.1) is 0 Å². The van der Waals surface area contributed by atoms with E-state index < -0.39 is 20.1 Å². The fourth-order valence-corrected chi connectivity index (χ4v) is 3.91. The van der Waals surface area contributed by atoms with Gasteiger partial charge in [-0.15, -0.1) is 0 Å². The molecule has 0 aliphatic heterocycles. The molecular weight excluding hydrogens is 404 g/mol. The Balaban J connectivity index is 1.97. The van der Waals surface area contributed by atoms with E-state index in [4.69, 9.17) is 13.6 Å². The van der Waals surface area contributed by atoms with Crippen molar-refractivity contribution >= 4 is 7.82 Å². The molecule has 0 amide bonds. The van der Waals surface area contributed by atoms with Gasteiger partial charge in [0.15, 0.2) is 6.10 Å². The summed E-state index contributed by atoms with van der Waals surface area (Å²) in [7, 11) is -4.72. The molecule has 0 N–H and O–H groups in total. The Hall–Kier alpha value is -2.76. The van der Waals surface area contributed by atoms with Crippen molar-refractivity contribution in [2.45, 2.75) is 19.2 Å². The molecule has 8 heteroatoms. The van der Waals surface area contributed by atoms with Crippen LogP contribution in [-0.2, 0) is 9.09 Å². The van der Waals surface area contributed by atoms with Gasteiger partial charge in [-0.1, -0.05) is 60.7 Å². The summed E-state index contributed by atoms with van der Waals surface area (Å²) in [4.78, 5) is 0. The van der Waals surface area contributed by atoms with Crippen molar-refractivity contribution < 1.29 is 31.3 Å². The van der Waals surface area contributed by atoms with Crippen LogP contribution < -0.4 is 9.05 Å². The summed E-state index contributed by atoms with van der Waals surface area (Å²) >= 11 is 0. The molecule has 29 heavy (non-hydrogen) atoms. The number of phosphoric ester groups is 1. The second kappa shape index (κ2) is 8.72. The predicted octanol–water partition coefficient (Wildman–Crippen LogP) is 6.88. The van der Waals surface area contributed by atoms with Crippen LogP contribution in [-0.4, -0.2) is 6.18 Å². The number of hydrogen-bond acceptors (Lipinski definition) is 4. The molecule has 4 nitrogen and oxygen atoms in total. The van der Waals surface area contributed by atoms with Gasteiger partial charge in [-0.25, -0.2) is 9.09 Å². The van der Waals surface area contributed by atoms with E-state index in [-0.39, 0.29) is 17.1 Å². The minimum atomic E-state index is -4.84. The number of benzene rings is 3. The highest BCUT2D eigenvalue weighted by atomic mass is 31.2. The van der Waals surface area contributed by atoms with Gasteiger partial charge in [0, 0.05) is 0 Å². The second-order valence-corrected chi connectivity index (χ2v) is 7.67. The van der Waals surface area contributed by atoms with Crippen molar-refractivity contribution in [3.63, 3.8) is 0 Å². The molecule has 0 spiro atoms. The maximum atomic E-state index is 13.7. The SMILES string of the molecule is Cc1cccc(O[P@](=O)(Oc2ccccc2)O[C@@H](c2ccccc2)C(F)(F)F)c1. The third kappa shape index (κ3) is 5.86. The summed E-state index contributed by atoms with van der Waals surface area (Å²) in [6.07, 6.45) is -7.34. The first-order chi connectivity index (χ1) is 13.8. The molecule has 152 valence electrons. The summed E-state index contributed by atoms with van der Waals surface area (Å²) in [5.41, 5.74) is 0.550. The summed E-state index contributed by atoms with van der Waals surface area (Å²) in [5.74, 6) is 0.121. The number of halogens is 3. The lowest BCUT2D eigenvalue weighted by molar-refractivity contribution is -0.201. The van der Waals surface area contributed by atoms with Gasteiger partial charge in [0.2, 0.25) is 0 Å². The molecule has 3 aromatic rings. The first-order valence-corrected chi connectivity index (χ1v) is 10.1. The average Bonchev–Trinajstić information content (AvgIpc) is 2.67. The quantitative estimate of drug-likeness (QED) is 0.389. The van der Waals surface area contributed by atoms with Gasteiger partial charge in [-0.2, -0.15) is 13.2 Å². The standard InChI is InChI=1S/C21H18F3O4P/c1-16-9-8-14-19(15-16)27-29(25,26-18-12-6-3-7-13-18)28-20(21(22,23)24)17-10-4-2-5-11-17/h2-15,20H,1H3/t20-,29-/m0/s1. The van der Waals surface area contributed by atoms with Gasteiger partial charge >= 0.3 is 14.0 Å². The van der Waals surface area contributed by atoms with E-state index in [0.29, 0.717) is 0 Å². The summed E-state index contributed by atoms with van der Waals surface area (Å²) < 4.78 is 70.2. The molecule has 0 aliphatic carbocycles. The number of aryl methyl sites for hydroxylation is 1. The summed E-state index contributed by atoms with van der Waals surface area (Å²) in [5, 5.41) is 0. The van der Waals surface area contributed by atoms with Crippen LogP contribution in [0.15, 0.2) is 84.9 Å². The molecule has 0 radical (unpaired) electrons. The van der Waals surface area contributed by atoms with Crippen molar-refractivity contribution in [3.8, 4) is 11.5 Å². The van der Waals surface area contributed by atoms with Crippen LogP contribution in [0.2, 0.25) is 0 Å². The molecule has 0 fully saturated rings. The van der Waals surface area contributed by atoms with E-state index >= 15 is 0 Å². The zero-order valence-electron chi connectivity index (χ0n) is 15.4. The molecule has 3 rings (SSSR count). The number of phosphoric acid groups is 1. The molecule has 3 aromatic carbocycles. The molecule has 0 heterocycles.